The summed E-state index contributed by atoms with van der Waals surface area (Å²) in [6.45, 7) is 0. The van der Waals surface area contributed by atoms with Gasteiger partial charge in [-0.1, -0.05) is 54.6 Å². The van der Waals surface area contributed by atoms with Crippen LogP contribution in [0.2, 0.25) is 0 Å². The second-order valence-electron chi connectivity index (χ2n) is 9.59. The normalized spacial score (nSPS) is 12.3. The number of aliphatic carboxylic acids is 1. The molecule has 6 N–H and O–H groups in total. The predicted octanol–water partition coefficient (Wildman–Crippen LogP) is 3.69. The summed E-state index contributed by atoms with van der Waals surface area (Å²) in [5.74, 6) is -4.37. The lowest BCUT2D eigenvalue weighted by molar-refractivity contribution is -0.138. The first-order chi connectivity index (χ1) is 19.1. The van der Waals surface area contributed by atoms with Crippen molar-refractivity contribution >= 4 is 40.8 Å². The lowest BCUT2D eigenvalue weighted by Gasteiger charge is -2.20. The lowest BCUT2D eigenvalue weighted by Crippen LogP contribution is -2.43. The molecule has 40 heavy (non-hydrogen) atoms. The van der Waals surface area contributed by atoms with E-state index >= 15 is 0 Å². The molecule has 3 amide bonds. The van der Waals surface area contributed by atoms with Gasteiger partial charge in [0.05, 0.1) is 6.04 Å². The van der Waals surface area contributed by atoms with Gasteiger partial charge in [0.25, 0.3) is 0 Å². The molecule has 0 unspecified atom stereocenters. The molecule has 0 saturated carbocycles. The number of thiophene rings is 1. The minimum Gasteiger partial charge on any atom is -0.481 e. The van der Waals surface area contributed by atoms with E-state index in [1.165, 1.54) is 0 Å². The van der Waals surface area contributed by atoms with Crippen molar-refractivity contribution in [1.29, 1.82) is 0 Å². The SMILES string of the molecule is NC(=O)CC[C@H](CC(=O)[C@H](CCC(=O)O)NC(=O)CCc1ccc(-c2cc(-c3ccccc3)cs2)cc1)C(N)=O. The maximum absolute atomic E-state index is 12.9. The summed E-state index contributed by atoms with van der Waals surface area (Å²) in [5, 5.41) is 13.8. The van der Waals surface area contributed by atoms with Gasteiger partial charge in [-0.15, -0.1) is 11.3 Å². The zero-order chi connectivity index (χ0) is 29.1. The molecule has 0 saturated heterocycles. The summed E-state index contributed by atoms with van der Waals surface area (Å²) in [6.07, 6.45) is -0.375. The first kappa shape index (κ1) is 30.2. The van der Waals surface area contributed by atoms with Crippen LogP contribution in [-0.2, 0) is 30.4 Å². The van der Waals surface area contributed by atoms with Gasteiger partial charge in [0.1, 0.15) is 0 Å². The van der Waals surface area contributed by atoms with Crippen molar-refractivity contribution in [2.24, 2.45) is 17.4 Å². The molecule has 10 heteroatoms. The number of carbonyl (C=O) groups is 5. The van der Waals surface area contributed by atoms with Crippen molar-refractivity contribution in [2.45, 2.75) is 51.0 Å². The van der Waals surface area contributed by atoms with Crippen LogP contribution < -0.4 is 16.8 Å². The third-order valence-electron chi connectivity index (χ3n) is 6.55. The number of nitrogens with two attached hydrogens (primary N) is 2. The molecule has 210 valence electrons. The quantitative estimate of drug-likeness (QED) is 0.207. The van der Waals surface area contributed by atoms with Crippen LogP contribution in [0, 0.1) is 5.92 Å². The van der Waals surface area contributed by atoms with E-state index in [1.54, 1.807) is 11.3 Å². The van der Waals surface area contributed by atoms with Crippen molar-refractivity contribution in [3.63, 3.8) is 0 Å². The molecule has 0 spiro atoms. The summed E-state index contributed by atoms with van der Waals surface area (Å²) < 4.78 is 0. The van der Waals surface area contributed by atoms with E-state index in [-0.39, 0.29) is 38.5 Å². The summed E-state index contributed by atoms with van der Waals surface area (Å²) in [7, 11) is 0. The number of aryl methyl sites for hydroxylation is 1. The molecule has 0 aliphatic rings. The molecule has 0 radical (unpaired) electrons. The molecule has 1 heterocycles. The van der Waals surface area contributed by atoms with Crippen LogP contribution in [-0.4, -0.2) is 40.6 Å². The topological polar surface area (TPSA) is 170 Å². The Morgan fingerprint density at radius 3 is 2.15 bits per heavy atom. The Labute approximate surface area is 236 Å². The third kappa shape index (κ3) is 9.46. The summed E-state index contributed by atoms with van der Waals surface area (Å²) >= 11 is 1.66. The minimum atomic E-state index is -1.12. The zero-order valence-electron chi connectivity index (χ0n) is 22.0. The molecular formula is C30H33N3O6S. The number of hydrogen-bond donors (Lipinski definition) is 4. The Balaban J connectivity index is 1.57. The zero-order valence-corrected chi connectivity index (χ0v) is 22.8. The molecule has 9 nitrogen and oxygen atoms in total. The van der Waals surface area contributed by atoms with Crippen molar-refractivity contribution in [3.05, 3.63) is 71.6 Å². The number of carboxylic acids is 1. The summed E-state index contributed by atoms with van der Waals surface area (Å²) in [6, 6.07) is 19.1. The first-order valence-corrected chi connectivity index (χ1v) is 13.8. The average Bonchev–Trinajstić information content (AvgIpc) is 3.43. The Morgan fingerprint density at radius 1 is 0.825 bits per heavy atom. The molecule has 3 aromatic rings. The Kier molecular flexibility index (Phi) is 11.1. The largest absolute Gasteiger partial charge is 0.481 e. The fourth-order valence-corrected chi connectivity index (χ4v) is 5.18. The maximum Gasteiger partial charge on any atom is 0.303 e. The van der Waals surface area contributed by atoms with Gasteiger partial charge in [-0.3, -0.25) is 24.0 Å². The Morgan fingerprint density at radius 2 is 1.52 bits per heavy atom. The van der Waals surface area contributed by atoms with Crippen LogP contribution in [0.1, 0.15) is 44.1 Å². The number of carboxylic acid groups (broad SMARTS) is 1. The van der Waals surface area contributed by atoms with E-state index < -0.39 is 41.4 Å². The van der Waals surface area contributed by atoms with Gasteiger partial charge in [0, 0.05) is 36.5 Å². The number of primary amides is 2. The third-order valence-corrected chi connectivity index (χ3v) is 7.52. The second-order valence-corrected chi connectivity index (χ2v) is 10.5. The standard InChI is InChI=1S/C30H33N3O6S/c31-27(35)13-11-22(30(32)39)16-25(34)24(12-15-29(37)38)33-28(36)14-8-19-6-9-21(10-7-19)26-17-23(18-40-26)20-4-2-1-3-5-20/h1-7,9-10,17-18,22,24H,8,11-16H2,(H2,31,35)(H2,32,39)(H,33,36)(H,37,38)/t22-,24+/m1/s1. The number of carbonyl (C=O) groups excluding carboxylic acids is 4. The van der Waals surface area contributed by atoms with Gasteiger partial charge in [-0.25, -0.2) is 0 Å². The van der Waals surface area contributed by atoms with Crippen LogP contribution in [0.4, 0.5) is 0 Å². The van der Waals surface area contributed by atoms with Crippen molar-refractivity contribution < 1.29 is 29.1 Å². The summed E-state index contributed by atoms with van der Waals surface area (Å²) in [5.41, 5.74) is 14.8. The van der Waals surface area contributed by atoms with Gasteiger partial charge in [0.15, 0.2) is 5.78 Å². The number of benzene rings is 2. The van der Waals surface area contributed by atoms with E-state index in [4.69, 9.17) is 16.6 Å². The fourth-order valence-electron chi connectivity index (χ4n) is 4.26. The van der Waals surface area contributed by atoms with Crippen LogP contribution >= 0.6 is 11.3 Å². The molecule has 0 fully saturated rings. The molecule has 2 atom stereocenters. The van der Waals surface area contributed by atoms with E-state index in [1.807, 2.05) is 42.5 Å². The highest BCUT2D eigenvalue weighted by atomic mass is 32.1. The number of rotatable bonds is 16. The van der Waals surface area contributed by atoms with Gasteiger partial charge in [-0.05, 0) is 53.0 Å². The van der Waals surface area contributed by atoms with Crippen LogP contribution in [0.5, 0.6) is 0 Å². The Bertz CT molecular complexity index is 1340. The molecular weight excluding hydrogens is 530 g/mol. The number of nitrogens with one attached hydrogen (secondary N) is 1. The molecule has 0 aliphatic carbocycles. The van der Waals surface area contributed by atoms with Crippen molar-refractivity contribution in [2.75, 3.05) is 0 Å². The highest BCUT2D eigenvalue weighted by Gasteiger charge is 2.27. The molecule has 0 aliphatic heterocycles. The van der Waals surface area contributed by atoms with Crippen molar-refractivity contribution in [1.82, 2.24) is 5.32 Å². The fraction of sp³-hybridized carbons (Fsp3) is 0.300. The Hall–Kier alpha value is -4.31. The molecule has 1 aromatic heterocycles. The van der Waals surface area contributed by atoms with Gasteiger partial charge in [0.2, 0.25) is 17.7 Å². The molecule has 2 aromatic carbocycles. The van der Waals surface area contributed by atoms with E-state index in [9.17, 15) is 24.0 Å². The van der Waals surface area contributed by atoms with E-state index in [0.29, 0.717) is 6.42 Å². The van der Waals surface area contributed by atoms with Crippen LogP contribution in [0.15, 0.2) is 66.0 Å². The monoisotopic (exact) mass is 563 g/mol. The maximum atomic E-state index is 12.9. The smallest absolute Gasteiger partial charge is 0.303 e. The average molecular weight is 564 g/mol. The highest BCUT2D eigenvalue weighted by Crippen LogP contribution is 2.32. The molecule has 0 bridgehead atoms. The minimum absolute atomic E-state index is 0.00500. The van der Waals surface area contributed by atoms with Crippen LogP contribution in [0.25, 0.3) is 21.6 Å². The molecule has 3 rings (SSSR count). The number of amides is 3. The van der Waals surface area contributed by atoms with Gasteiger partial charge < -0.3 is 21.9 Å². The van der Waals surface area contributed by atoms with Crippen molar-refractivity contribution in [3.8, 4) is 21.6 Å². The summed E-state index contributed by atoms with van der Waals surface area (Å²) in [4.78, 5) is 60.6. The lowest BCUT2D eigenvalue weighted by atomic mass is 9.92. The first-order valence-electron chi connectivity index (χ1n) is 13.0. The van der Waals surface area contributed by atoms with Crippen LogP contribution in [0.3, 0.4) is 0 Å². The van der Waals surface area contributed by atoms with E-state index in [0.717, 1.165) is 27.1 Å². The van der Waals surface area contributed by atoms with E-state index in [2.05, 4.69) is 28.9 Å². The van der Waals surface area contributed by atoms with Gasteiger partial charge >= 0.3 is 5.97 Å². The van der Waals surface area contributed by atoms with Gasteiger partial charge in [-0.2, -0.15) is 0 Å². The number of Topliss-reactive ketones (excluding diaryl/α,β-unsaturated/α-hetero) is 1. The number of ketones is 1. The second kappa shape index (κ2) is 14.7. The highest BCUT2D eigenvalue weighted by molar-refractivity contribution is 7.14. The number of hydrogen-bond acceptors (Lipinski definition) is 6. The predicted molar refractivity (Wildman–Crippen MR) is 153 cm³/mol.